The van der Waals surface area contributed by atoms with E-state index in [0.717, 1.165) is 38.4 Å². The SMILES string of the molecule is CC(C)(C)CN1CCN(C(=O)C2CC(=O)N(c3ccccc3)C2)CC1. The molecular formula is C20H29N3O2. The van der Waals surface area contributed by atoms with Gasteiger partial charge in [0.2, 0.25) is 11.8 Å². The van der Waals surface area contributed by atoms with Gasteiger partial charge in [-0.2, -0.15) is 0 Å². The summed E-state index contributed by atoms with van der Waals surface area (Å²) < 4.78 is 0. The van der Waals surface area contributed by atoms with Crippen LogP contribution in [-0.2, 0) is 9.59 Å². The molecule has 25 heavy (non-hydrogen) atoms. The molecule has 5 heteroatoms. The van der Waals surface area contributed by atoms with E-state index in [9.17, 15) is 9.59 Å². The van der Waals surface area contributed by atoms with E-state index in [1.807, 2.05) is 35.2 Å². The van der Waals surface area contributed by atoms with Crippen LogP contribution in [0.1, 0.15) is 27.2 Å². The van der Waals surface area contributed by atoms with Crippen LogP contribution in [-0.4, -0.2) is 60.9 Å². The Hall–Kier alpha value is -1.88. The van der Waals surface area contributed by atoms with Gasteiger partial charge < -0.3 is 9.80 Å². The maximum Gasteiger partial charge on any atom is 0.228 e. The first-order valence-electron chi connectivity index (χ1n) is 9.20. The minimum Gasteiger partial charge on any atom is -0.340 e. The Morgan fingerprint density at radius 2 is 1.72 bits per heavy atom. The number of amides is 2. The first kappa shape index (κ1) is 17.9. The Bertz CT molecular complexity index is 616. The number of para-hydroxylation sites is 1. The second-order valence-corrected chi connectivity index (χ2v) is 8.40. The molecule has 5 nitrogen and oxygen atoms in total. The van der Waals surface area contributed by atoms with Crippen molar-refractivity contribution in [3.63, 3.8) is 0 Å². The van der Waals surface area contributed by atoms with Crippen LogP contribution in [0, 0.1) is 11.3 Å². The summed E-state index contributed by atoms with van der Waals surface area (Å²) in [6.45, 7) is 11.7. The Morgan fingerprint density at radius 1 is 1.08 bits per heavy atom. The molecule has 1 unspecified atom stereocenters. The summed E-state index contributed by atoms with van der Waals surface area (Å²) in [4.78, 5) is 31.3. The third-order valence-corrected chi connectivity index (χ3v) is 4.92. The van der Waals surface area contributed by atoms with Crippen molar-refractivity contribution in [3.8, 4) is 0 Å². The number of hydrogen-bond acceptors (Lipinski definition) is 3. The van der Waals surface area contributed by atoms with E-state index < -0.39 is 0 Å². The topological polar surface area (TPSA) is 43.9 Å². The maximum absolute atomic E-state index is 12.8. The largest absolute Gasteiger partial charge is 0.340 e. The molecule has 136 valence electrons. The molecule has 1 atom stereocenters. The third kappa shape index (κ3) is 4.40. The molecule has 2 aliphatic heterocycles. The molecule has 3 rings (SSSR count). The van der Waals surface area contributed by atoms with Crippen LogP contribution in [0.3, 0.4) is 0 Å². The maximum atomic E-state index is 12.8. The number of benzene rings is 1. The normalized spacial score (nSPS) is 22.5. The molecule has 2 amide bonds. The number of piperazine rings is 1. The molecule has 2 fully saturated rings. The summed E-state index contributed by atoms with van der Waals surface area (Å²) in [5.74, 6) is -0.0139. The van der Waals surface area contributed by atoms with Gasteiger partial charge in [0.05, 0.1) is 5.92 Å². The van der Waals surface area contributed by atoms with E-state index in [2.05, 4.69) is 25.7 Å². The van der Waals surface area contributed by atoms with Gasteiger partial charge in [-0.05, 0) is 17.5 Å². The van der Waals surface area contributed by atoms with Crippen LogP contribution in [0.25, 0.3) is 0 Å². The molecule has 0 bridgehead atoms. The molecule has 0 aromatic heterocycles. The summed E-state index contributed by atoms with van der Waals surface area (Å²) >= 11 is 0. The van der Waals surface area contributed by atoms with Gasteiger partial charge in [0.15, 0.2) is 0 Å². The van der Waals surface area contributed by atoms with Crippen LogP contribution in [0.15, 0.2) is 30.3 Å². The van der Waals surface area contributed by atoms with Crippen molar-refractivity contribution < 1.29 is 9.59 Å². The zero-order valence-corrected chi connectivity index (χ0v) is 15.6. The van der Waals surface area contributed by atoms with Crippen molar-refractivity contribution in [1.29, 1.82) is 0 Å². The van der Waals surface area contributed by atoms with Crippen LogP contribution in [0.2, 0.25) is 0 Å². The second kappa shape index (κ2) is 7.16. The zero-order valence-electron chi connectivity index (χ0n) is 15.6. The Kier molecular flexibility index (Phi) is 5.13. The minimum absolute atomic E-state index is 0.0518. The number of anilines is 1. The lowest BCUT2D eigenvalue weighted by molar-refractivity contribution is -0.137. The summed E-state index contributed by atoms with van der Waals surface area (Å²) in [7, 11) is 0. The lowest BCUT2D eigenvalue weighted by Gasteiger charge is -2.38. The second-order valence-electron chi connectivity index (χ2n) is 8.40. The van der Waals surface area contributed by atoms with Gasteiger partial charge in [0.1, 0.15) is 0 Å². The van der Waals surface area contributed by atoms with Gasteiger partial charge >= 0.3 is 0 Å². The summed E-state index contributed by atoms with van der Waals surface area (Å²) in [6, 6.07) is 9.63. The smallest absolute Gasteiger partial charge is 0.228 e. The predicted octanol–water partition coefficient (Wildman–Crippen LogP) is 2.23. The lowest BCUT2D eigenvalue weighted by Crippen LogP contribution is -2.52. The molecule has 2 heterocycles. The van der Waals surface area contributed by atoms with Crippen LogP contribution in [0.5, 0.6) is 0 Å². The fourth-order valence-corrected chi connectivity index (χ4v) is 3.79. The molecular weight excluding hydrogens is 314 g/mol. The lowest BCUT2D eigenvalue weighted by atomic mass is 9.95. The number of rotatable bonds is 3. The van der Waals surface area contributed by atoms with Gasteiger partial charge in [-0.1, -0.05) is 39.0 Å². The number of nitrogens with zero attached hydrogens (tertiary/aromatic N) is 3. The van der Waals surface area contributed by atoms with Gasteiger partial charge in [0.25, 0.3) is 0 Å². The highest BCUT2D eigenvalue weighted by Gasteiger charge is 2.38. The van der Waals surface area contributed by atoms with Crippen molar-refractivity contribution in [3.05, 3.63) is 30.3 Å². The first-order valence-corrected chi connectivity index (χ1v) is 9.20. The fourth-order valence-electron chi connectivity index (χ4n) is 3.79. The fraction of sp³-hybridized carbons (Fsp3) is 0.600. The van der Waals surface area contributed by atoms with E-state index in [1.165, 1.54) is 0 Å². The molecule has 0 saturated carbocycles. The van der Waals surface area contributed by atoms with E-state index in [0.29, 0.717) is 13.0 Å². The van der Waals surface area contributed by atoms with Crippen LogP contribution in [0.4, 0.5) is 5.69 Å². The van der Waals surface area contributed by atoms with Crippen LogP contribution < -0.4 is 4.90 Å². The van der Waals surface area contributed by atoms with Crippen molar-refractivity contribution in [2.75, 3.05) is 44.2 Å². The van der Waals surface area contributed by atoms with E-state index in [-0.39, 0.29) is 23.1 Å². The Morgan fingerprint density at radius 3 is 2.32 bits per heavy atom. The van der Waals surface area contributed by atoms with Crippen molar-refractivity contribution in [2.24, 2.45) is 11.3 Å². The highest BCUT2D eigenvalue weighted by molar-refractivity contribution is 6.00. The molecule has 0 spiro atoms. The molecule has 1 aromatic rings. The van der Waals surface area contributed by atoms with Crippen molar-refractivity contribution in [2.45, 2.75) is 27.2 Å². The van der Waals surface area contributed by atoms with E-state index in [1.54, 1.807) is 4.90 Å². The third-order valence-electron chi connectivity index (χ3n) is 4.92. The quantitative estimate of drug-likeness (QED) is 0.845. The minimum atomic E-state index is -0.207. The van der Waals surface area contributed by atoms with Gasteiger partial charge in [0, 0.05) is 51.4 Å². The number of hydrogen-bond donors (Lipinski definition) is 0. The average Bonchev–Trinajstić information content (AvgIpc) is 2.96. The average molecular weight is 343 g/mol. The Balaban J connectivity index is 1.55. The molecule has 0 radical (unpaired) electrons. The van der Waals surface area contributed by atoms with E-state index >= 15 is 0 Å². The number of carbonyl (C=O) groups is 2. The highest BCUT2D eigenvalue weighted by atomic mass is 16.2. The van der Waals surface area contributed by atoms with Gasteiger partial charge in [-0.3, -0.25) is 14.5 Å². The number of carbonyl (C=O) groups excluding carboxylic acids is 2. The summed E-state index contributed by atoms with van der Waals surface area (Å²) in [6.07, 6.45) is 0.329. The predicted molar refractivity (Wildman–Crippen MR) is 99.4 cm³/mol. The molecule has 2 aliphatic rings. The first-order chi connectivity index (χ1) is 11.8. The zero-order chi connectivity index (χ0) is 18.0. The monoisotopic (exact) mass is 343 g/mol. The van der Waals surface area contributed by atoms with Gasteiger partial charge in [-0.25, -0.2) is 0 Å². The van der Waals surface area contributed by atoms with Crippen LogP contribution >= 0.6 is 0 Å². The van der Waals surface area contributed by atoms with E-state index in [4.69, 9.17) is 0 Å². The standard InChI is InChI=1S/C20H29N3O2/c1-20(2,3)15-21-9-11-22(12-10-21)19(25)16-13-18(24)23(14-16)17-7-5-4-6-8-17/h4-8,16H,9-15H2,1-3H3. The Labute approximate surface area is 150 Å². The molecule has 0 aliphatic carbocycles. The van der Waals surface area contributed by atoms with Gasteiger partial charge in [-0.15, -0.1) is 0 Å². The highest BCUT2D eigenvalue weighted by Crippen LogP contribution is 2.26. The molecule has 1 aromatic carbocycles. The summed E-state index contributed by atoms with van der Waals surface area (Å²) in [5, 5.41) is 0. The van der Waals surface area contributed by atoms with Crippen molar-refractivity contribution in [1.82, 2.24) is 9.80 Å². The summed E-state index contributed by atoms with van der Waals surface area (Å²) in [5.41, 5.74) is 1.16. The van der Waals surface area contributed by atoms with Crippen molar-refractivity contribution >= 4 is 17.5 Å². The molecule has 2 saturated heterocycles. The molecule has 0 N–H and O–H groups in total.